The van der Waals surface area contributed by atoms with Crippen LogP contribution < -0.4 is 14.8 Å². The monoisotopic (exact) mass is 460 g/mol. The van der Waals surface area contributed by atoms with E-state index in [9.17, 15) is 0 Å². The number of anilines is 1. The number of pyridine rings is 1. The summed E-state index contributed by atoms with van der Waals surface area (Å²) in [6, 6.07) is 19.8. The number of H-pyrrole nitrogens is 1. The number of fused-ring (bicyclic) bond motifs is 1. The van der Waals surface area contributed by atoms with Crippen LogP contribution in [0.5, 0.6) is 11.5 Å². The van der Waals surface area contributed by atoms with Gasteiger partial charge in [-0.05, 0) is 85.7 Å². The first kappa shape index (κ1) is 22.6. The highest BCUT2D eigenvalue weighted by molar-refractivity contribution is 7.80. The van der Waals surface area contributed by atoms with Gasteiger partial charge in [0, 0.05) is 35.0 Å². The van der Waals surface area contributed by atoms with Crippen molar-refractivity contribution in [1.29, 1.82) is 0 Å². The van der Waals surface area contributed by atoms with Crippen molar-refractivity contribution in [3.63, 3.8) is 0 Å². The van der Waals surface area contributed by atoms with Crippen LogP contribution in [-0.4, -0.2) is 40.7 Å². The van der Waals surface area contributed by atoms with Gasteiger partial charge in [-0.1, -0.05) is 6.07 Å². The summed E-state index contributed by atoms with van der Waals surface area (Å²) in [5.74, 6) is 1.66. The second-order valence-electron chi connectivity index (χ2n) is 7.79. The molecule has 0 radical (unpaired) electrons. The number of ether oxygens (including phenoxy) is 2. The fraction of sp³-hybridized carbons (Fsp3) is 0.231. The predicted octanol–water partition coefficient (Wildman–Crippen LogP) is 5.33. The maximum atomic E-state index is 5.81. The van der Waals surface area contributed by atoms with Crippen LogP contribution in [-0.2, 0) is 13.0 Å². The topological polar surface area (TPSA) is 62.4 Å². The number of aromatic nitrogens is 2. The van der Waals surface area contributed by atoms with Gasteiger partial charge in [0.05, 0.1) is 26.5 Å². The highest BCUT2D eigenvalue weighted by Gasteiger charge is 2.15. The smallest absolute Gasteiger partial charge is 0.173 e. The molecule has 0 unspecified atom stereocenters. The Morgan fingerprint density at radius 3 is 2.48 bits per heavy atom. The molecule has 170 valence electrons. The quantitative estimate of drug-likeness (QED) is 0.347. The Labute approximate surface area is 199 Å². The number of hydrogen-bond donors (Lipinski definition) is 2. The van der Waals surface area contributed by atoms with Gasteiger partial charge < -0.3 is 24.7 Å². The summed E-state index contributed by atoms with van der Waals surface area (Å²) < 4.78 is 10.7. The van der Waals surface area contributed by atoms with E-state index in [-0.39, 0.29) is 0 Å². The minimum atomic E-state index is 0.619. The Hall–Kier alpha value is -3.58. The summed E-state index contributed by atoms with van der Waals surface area (Å²) in [4.78, 5) is 10.1. The van der Waals surface area contributed by atoms with Gasteiger partial charge in [0.1, 0.15) is 11.5 Å². The van der Waals surface area contributed by atoms with Crippen LogP contribution in [0.25, 0.3) is 10.9 Å². The number of thiocarbonyl (C=S) groups is 1. The molecule has 0 saturated heterocycles. The third-order valence-electron chi connectivity index (χ3n) is 5.67. The van der Waals surface area contributed by atoms with E-state index in [0.717, 1.165) is 47.1 Å². The third kappa shape index (κ3) is 5.43. The molecule has 0 aliphatic carbocycles. The predicted molar refractivity (Wildman–Crippen MR) is 137 cm³/mol. The zero-order valence-electron chi connectivity index (χ0n) is 19.1. The molecule has 0 aliphatic rings. The fourth-order valence-electron chi connectivity index (χ4n) is 3.87. The zero-order valence-corrected chi connectivity index (χ0v) is 19.9. The molecule has 0 bridgehead atoms. The molecule has 0 amide bonds. The normalized spacial score (nSPS) is 10.8. The van der Waals surface area contributed by atoms with Crippen molar-refractivity contribution >= 4 is 33.9 Å². The van der Waals surface area contributed by atoms with Gasteiger partial charge in [0.25, 0.3) is 0 Å². The molecule has 0 fully saturated rings. The Bertz CT molecular complexity index is 1220. The van der Waals surface area contributed by atoms with Crippen molar-refractivity contribution in [2.45, 2.75) is 19.9 Å². The maximum Gasteiger partial charge on any atom is 0.173 e. The van der Waals surface area contributed by atoms with E-state index in [4.69, 9.17) is 21.7 Å². The number of rotatable bonds is 8. The molecule has 0 saturated carbocycles. The minimum absolute atomic E-state index is 0.619. The number of aromatic amines is 1. The molecular formula is C26H28N4O2S. The van der Waals surface area contributed by atoms with Gasteiger partial charge in [0.15, 0.2) is 5.11 Å². The standard InChI is InChI=1S/C26H28N4O2S/c1-18-23(24-16-22(32-3)11-12-25(24)28-18)13-15-30(17-20-6-4-5-14-27-20)26(33)29-19-7-9-21(31-2)10-8-19/h4-12,14,16,28H,13,15,17H2,1-3H3,(H,29,33). The van der Waals surface area contributed by atoms with Crippen molar-refractivity contribution in [3.8, 4) is 11.5 Å². The van der Waals surface area contributed by atoms with E-state index in [0.29, 0.717) is 11.7 Å². The number of nitrogens with one attached hydrogen (secondary N) is 2. The molecule has 0 atom stereocenters. The highest BCUT2D eigenvalue weighted by atomic mass is 32.1. The number of benzene rings is 2. The number of nitrogens with zero attached hydrogens (tertiary/aromatic N) is 2. The van der Waals surface area contributed by atoms with E-state index in [1.54, 1.807) is 14.2 Å². The van der Waals surface area contributed by atoms with Gasteiger partial charge in [-0.3, -0.25) is 4.98 Å². The van der Waals surface area contributed by atoms with Crippen LogP contribution in [0.4, 0.5) is 5.69 Å². The number of aryl methyl sites for hydroxylation is 1. The maximum absolute atomic E-state index is 5.81. The molecule has 6 nitrogen and oxygen atoms in total. The summed E-state index contributed by atoms with van der Waals surface area (Å²) in [5, 5.41) is 5.19. The van der Waals surface area contributed by atoms with Gasteiger partial charge in [-0.25, -0.2) is 0 Å². The molecule has 2 aromatic carbocycles. The molecule has 0 spiro atoms. The first-order valence-electron chi connectivity index (χ1n) is 10.8. The fourth-order valence-corrected chi connectivity index (χ4v) is 4.15. The average molecular weight is 461 g/mol. The van der Waals surface area contributed by atoms with E-state index in [1.807, 2.05) is 54.7 Å². The van der Waals surface area contributed by atoms with Crippen molar-refractivity contribution in [1.82, 2.24) is 14.9 Å². The molecule has 7 heteroatoms. The molecule has 0 aliphatic heterocycles. The Balaban J connectivity index is 1.55. The van der Waals surface area contributed by atoms with Gasteiger partial charge >= 0.3 is 0 Å². The summed E-state index contributed by atoms with van der Waals surface area (Å²) in [6.07, 6.45) is 2.64. The third-order valence-corrected chi connectivity index (χ3v) is 6.03. The Morgan fingerprint density at radius 1 is 1.03 bits per heavy atom. The van der Waals surface area contributed by atoms with Crippen LogP contribution in [0.1, 0.15) is 17.0 Å². The Morgan fingerprint density at radius 2 is 1.79 bits per heavy atom. The molecule has 2 aromatic heterocycles. The second-order valence-corrected chi connectivity index (χ2v) is 8.18. The van der Waals surface area contributed by atoms with Crippen LogP contribution in [0.2, 0.25) is 0 Å². The van der Waals surface area contributed by atoms with E-state index in [1.165, 1.54) is 10.9 Å². The summed E-state index contributed by atoms with van der Waals surface area (Å²) in [6.45, 7) is 3.47. The summed E-state index contributed by atoms with van der Waals surface area (Å²) in [7, 11) is 3.35. The summed E-state index contributed by atoms with van der Waals surface area (Å²) >= 11 is 5.81. The molecule has 2 heterocycles. The molecule has 4 rings (SSSR count). The minimum Gasteiger partial charge on any atom is -0.497 e. The molecule has 33 heavy (non-hydrogen) atoms. The van der Waals surface area contributed by atoms with Crippen LogP contribution in [0, 0.1) is 6.92 Å². The SMILES string of the molecule is COc1ccc(NC(=S)N(CCc2c(C)[nH]c3ccc(OC)cc23)Cc2ccccn2)cc1. The van der Waals surface area contributed by atoms with E-state index >= 15 is 0 Å². The van der Waals surface area contributed by atoms with Crippen LogP contribution in [0.3, 0.4) is 0 Å². The molecule has 4 aromatic rings. The number of methoxy groups -OCH3 is 2. The second kappa shape index (κ2) is 10.4. The Kier molecular flexibility index (Phi) is 7.10. The van der Waals surface area contributed by atoms with Crippen molar-refractivity contribution in [2.75, 3.05) is 26.1 Å². The highest BCUT2D eigenvalue weighted by Crippen LogP contribution is 2.27. The van der Waals surface area contributed by atoms with Gasteiger partial charge in [0.2, 0.25) is 0 Å². The largest absolute Gasteiger partial charge is 0.497 e. The lowest BCUT2D eigenvalue weighted by Gasteiger charge is -2.26. The lowest BCUT2D eigenvalue weighted by Crippen LogP contribution is -2.36. The number of hydrogen-bond acceptors (Lipinski definition) is 4. The lowest BCUT2D eigenvalue weighted by atomic mass is 10.1. The average Bonchev–Trinajstić information content (AvgIpc) is 3.16. The zero-order chi connectivity index (χ0) is 23.2. The summed E-state index contributed by atoms with van der Waals surface area (Å²) in [5.41, 5.74) is 5.42. The first-order valence-corrected chi connectivity index (χ1v) is 11.2. The van der Waals surface area contributed by atoms with Crippen molar-refractivity contribution in [3.05, 3.63) is 83.8 Å². The van der Waals surface area contributed by atoms with Gasteiger partial charge in [-0.2, -0.15) is 0 Å². The molecule has 2 N–H and O–H groups in total. The van der Waals surface area contributed by atoms with Gasteiger partial charge in [-0.15, -0.1) is 0 Å². The van der Waals surface area contributed by atoms with E-state index < -0.39 is 0 Å². The van der Waals surface area contributed by atoms with Crippen LogP contribution in [0.15, 0.2) is 66.9 Å². The van der Waals surface area contributed by atoms with E-state index in [2.05, 4.69) is 39.2 Å². The first-order chi connectivity index (χ1) is 16.1. The van der Waals surface area contributed by atoms with Crippen molar-refractivity contribution < 1.29 is 9.47 Å². The van der Waals surface area contributed by atoms with Crippen molar-refractivity contribution in [2.24, 2.45) is 0 Å². The lowest BCUT2D eigenvalue weighted by molar-refractivity contribution is 0.414. The van der Waals surface area contributed by atoms with Crippen LogP contribution >= 0.6 is 12.2 Å². The molecular weight excluding hydrogens is 432 g/mol.